The lowest BCUT2D eigenvalue weighted by atomic mass is 10.1. The second kappa shape index (κ2) is 6.72. The van der Waals surface area contributed by atoms with Crippen molar-refractivity contribution in [3.8, 4) is 0 Å². The molecule has 3 heteroatoms. The number of nitrogens with one attached hydrogen (secondary N) is 1. The first-order valence-corrected chi connectivity index (χ1v) is 6.99. The maximum Gasteiger partial charge on any atom is 0.0702 e. The third-order valence-electron chi connectivity index (χ3n) is 3.48. The van der Waals surface area contributed by atoms with Gasteiger partial charge in [0.15, 0.2) is 0 Å². The zero-order chi connectivity index (χ0) is 12.9. The fourth-order valence-corrected chi connectivity index (χ4v) is 2.29. The van der Waals surface area contributed by atoms with Crippen LogP contribution >= 0.6 is 0 Å². The topological polar surface area (TPSA) is 24.5 Å². The summed E-state index contributed by atoms with van der Waals surface area (Å²) in [4.78, 5) is 2.45. The fraction of sp³-hybridized carbons (Fsp3) is 1.00. The Kier molecular flexibility index (Phi) is 5.90. The van der Waals surface area contributed by atoms with Crippen LogP contribution < -0.4 is 5.32 Å². The lowest BCUT2D eigenvalue weighted by Crippen LogP contribution is -2.47. The van der Waals surface area contributed by atoms with Crippen molar-refractivity contribution in [1.82, 2.24) is 10.2 Å². The number of hydrogen-bond donors (Lipinski definition) is 1. The molecule has 1 N–H and O–H groups in total. The highest BCUT2D eigenvalue weighted by atomic mass is 16.5. The second-order valence-corrected chi connectivity index (χ2v) is 6.27. The van der Waals surface area contributed by atoms with Gasteiger partial charge in [0.2, 0.25) is 0 Å². The van der Waals surface area contributed by atoms with Crippen LogP contribution in [0.2, 0.25) is 0 Å². The first-order chi connectivity index (χ1) is 7.92. The predicted octanol–water partition coefficient (Wildman–Crippen LogP) is 2.26. The van der Waals surface area contributed by atoms with E-state index in [9.17, 15) is 0 Å². The van der Waals surface area contributed by atoms with Gasteiger partial charge < -0.3 is 10.1 Å². The molecule has 0 spiro atoms. The average Bonchev–Trinajstić information content (AvgIpc) is 2.69. The number of ether oxygens (including phenoxy) is 1. The predicted molar refractivity (Wildman–Crippen MR) is 73.4 cm³/mol. The monoisotopic (exact) mass is 242 g/mol. The molecule has 1 fully saturated rings. The summed E-state index contributed by atoms with van der Waals surface area (Å²) < 4.78 is 5.70. The summed E-state index contributed by atoms with van der Waals surface area (Å²) in [5, 5.41) is 3.60. The SMILES string of the molecule is CCC(CNC(C)(C)C)N(C)CC1CCCO1. The number of nitrogens with zero attached hydrogens (tertiary/aromatic N) is 1. The minimum atomic E-state index is 0.206. The summed E-state index contributed by atoms with van der Waals surface area (Å²) in [6.07, 6.45) is 4.11. The van der Waals surface area contributed by atoms with Crippen LogP contribution in [0.4, 0.5) is 0 Å². The highest BCUT2D eigenvalue weighted by molar-refractivity contribution is 4.79. The minimum Gasteiger partial charge on any atom is -0.377 e. The van der Waals surface area contributed by atoms with Crippen LogP contribution in [-0.2, 0) is 4.74 Å². The highest BCUT2D eigenvalue weighted by Gasteiger charge is 2.22. The quantitative estimate of drug-likeness (QED) is 0.773. The van der Waals surface area contributed by atoms with Gasteiger partial charge in [0.25, 0.3) is 0 Å². The van der Waals surface area contributed by atoms with E-state index in [2.05, 4.69) is 45.0 Å². The van der Waals surface area contributed by atoms with Crippen molar-refractivity contribution in [2.45, 2.75) is 64.6 Å². The summed E-state index contributed by atoms with van der Waals surface area (Å²) in [6.45, 7) is 12.0. The third kappa shape index (κ3) is 5.84. The molecule has 1 aliphatic rings. The molecule has 1 rings (SSSR count). The summed E-state index contributed by atoms with van der Waals surface area (Å²) in [6, 6.07) is 0.610. The molecule has 2 unspecified atom stereocenters. The molecule has 1 aliphatic heterocycles. The standard InChI is InChI=1S/C14H30N2O/c1-6-12(10-15-14(2,3)4)16(5)11-13-8-7-9-17-13/h12-13,15H,6-11H2,1-5H3. The lowest BCUT2D eigenvalue weighted by Gasteiger charge is -2.32. The third-order valence-corrected chi connectivity index (χ3v) is 3.48. The van der Waals surface area contributed by atoms with Crippen LogP contribution in [0.1, 0.15) is 47.0 Å². The molecular weight excluding hydrogens is 212 g/mol. The Bertz CT molecular complexity index is 207. The molecule has 1 heterocycles. The average molecular weight is 242 g/mol. The second-order valence-electron chi connectivity index (χ2n) is 6.27. The van der Waals surface area contributed by atoms with Crippen molar-refractivity contribution >= 4 is 0 Å². The smallest absolute Gasteiger partial charge is 0.0702 e. The zero-order valence-electron chi connectivity index (χ0n) is 12.3. The van der Waals surface area contributed by atoms with Gasteiger partial charge >= 0.3 is 0 Å². The van der Waals surface area contributed by atoms with E-state index < -0.39 is 0 Å². The van der Waals surface area contributed by atoms with E-state index >= 15 is 0 Å². The van der Waals surface area contributed by atoms with E-state index in [4.69, 9.17) is 4.74 Å². The van der Waals surface area contributed by atoms with Gasteiger partial charge in [-0.1, -0.05) is 6.92 Å². The Hall–Kier alpha value is -0.120. The van der Waals surface area contributed by atoms with Gasteiger partial charge in [-0.05, 0) is 47.1 Å². The zero-order valence-corrected chi connectivity index (χ0v) is 12.3. The minimum absolute atomic E-state index is 0.206. The van der Waals surface area contributed by atoms with E-state index in [1.165, 1.54) is 19.3 Å². The molecule has 0 bridgehead atoms. The molecule has 1 saturated heterocycles. The van der Waals surface area contributed by atoms with Gasteiger partial charge in [-0.2, -0.15) is 0 Å². The summed E-state index contributed by atoms with van der Waals surface area (Å²) in [5.74, 6) is 0. The molecule has 0 saturated carbocycles. The Labute approximate surface area is 107 Å². The molecule has 0 amide bonds. The van der Waals surface area contributed by atoms with Gasteiger partial charge in [0.1, 0.15) is 0 Å². The fourth-order valence-electron chi connectivity index (χ4n) is 2.29. The molecule has 2 atom stereocenters. The molecule has 0 aromatic carbocycles. The number of hydrogen-bond acceptors (Lipinski definition) is 3. The van der Waals surface area contributed by atoms with Crippen molar-refractivity contribution in [2.24, 2.45) is 0 Å². The van der Waals surface area contributed by atoms with Crippen LogP contribution in [0.15, 0.2) is 0 Å². The molecule has 0 aromatic rings. The van der Waals surface area contributed by atoms with Gasteiger partial charge in [0, 0.05) is 31.3 Å². The maximum absolute atomic E-state index is 5.70. The molecule has 0 aliphatic carbocycles. The summed E-state index contributed by atoms with van der Waals surface area (Å²) in [5.41, 5.74) is 0.206. The van der Waals surface area contributed by atoms with Gasteiger partial charge in [-0.15, -0.1) is 0 Å². The van der Waals surface area contributed by atoms with Gasteiger partial charge in [0.05, 0.1) is 6.10 Å². The maximum atomic E-state index is 5.70. The van der Waals surface area contributed by atoms with Crippen LogP contribution in [0, 0.1) is 0 Å². The van der Waals surface area contributed by atoms with E-state index in [0.29, 0.717) is 12.1 Å². The van der Waals surface area contributed by atoms with Crippen LogP contribution in [0.5, 0.6) is 0 Å². The highest BCUT2D eigenvalue weighted by Crippen LogP contribution is 2.14. The Morgan fingerprint density at radius 3 is 2.59 bits per heavy atom. The molecule has 102 valence electrons. The number of likely N-dealkylation sites (N-methyl/N-ethyl adjacent to an activating group) is 1. The normalized spacial score (nSPS) is 23.3. The molecule has 0 radical (unpaired) electrons. The Morgan fingerprint density at radius 1 is 1.41 bits per heavy atom. The molecule has 17 heavy (non-hydrogen) atoms. The summed E-state index contributed by atoms with van der Waals surface area (Å²) >= 11 is 0. The first kappa shape index (κ1) is 14.9. The lowest BCUT2D eigenvalue weighted by molar-refractivity contribution is 0.0660. The van der Waals surface area contributed by atoms with Crippen LogP contribution in [0.3, 0.4) is 0 Å². The van der Waals surface area contributed by atoms with Crippen molar-refractivity contribution < 1.29 is 4.74 Å². The molecular formula is C14H30N2O. The first-order valence-electron chi connectivity index (χ1n) is 6.99. The van der Waals surface area contributed by atoms with E-state index in [1.807, 2.05) is 0 Å². The Morgan fingerprint density at radius 2 is 2.12 bits per heavy atom. The van der Waals surface area contributed by atoms with E-state index in [0.717, 1.165) is 19.7 Å². The van der Waals surface area contributed by atoms with Crippen LogP contribution in [-0.4, -0.2) is 49.3 Å². The van der Waals surface area contributed by atoms with Gasteiger partial charge in [-0.25, -0.2) is 0 Å². The van der Waals surface area contributed by atoms with Crippen molar-refractivity contribution in [3.63, 3.8) is 0 Å². The van der Waals surface area contributed by atoms with E-state index in [1.54, 1.807) is 0 Å². The number of rotatable bonds is 6. The molecule has 3 nitrogen and oxygen atoms in total. The molecule has 0 aromatic heterocycles. The Balaban J connectivity index is 2.32. The largest absolute Gasteiger partial charge is 0.377 e. The van der Waals surface area contributed by atoms with E-state index in [-0.39, 0.29) is 5.54 Å². The van der Waals surface area contributed by atoms with Gasteiger partial charge in [-0.3, -0.25) is 4.90 Å². The van der Waals surface area contributed by atoms with Crippen molar-refractivity contribution in [2.75, 3.05) is 26.7 Å². The van der Waals surface area contributed by atoms with Crippen molar-refractivity contribution in [3.05, 3.63) is 0 Å². The van der Waals surface area contributed by atoms with Crippen LogP contribution in [0.25, 0.3) is 0 Å². The summed E-state index contributed by atoms with van der Waals surface area (Å²) in [7, 11) is 2.22. The van der Waals surface area contributed by atoms with Crippen molar-refractivity contribution in [1.29, 1.82) is 0 Å².